The van der Waals surface area contributed by atoms with E-state index in [-0.39, 0.29) is 5.91 Å². The molecule has 0 aliphatic carbocycles. The van der Waals surface area contributed by atoms with E-state index in [9.17, 15) is 4.79 Å². The third-order valence-electron chi connectivity index (χ3n) is 2.33. The lowest BCUT2D eigenvalue weighted by molar-refractivity contribution is -0.115. The van der Waals surface area contributed by atoms with E-state index in [1.807, 2.05) is 0 Å². The molecule has 0 atom stereocenters. The molecule has 20 heavy (non-hydrogen) atoms. The van der Waals surface area contributed by atoms with Gasteiger partial charge in [0.15, 0.2) is 5.16 Å². The number of hydrogen-bond donors (Lipinski definition) is 1. The molecular formula is C13H11Cl2N3OS. The second kappa shape index (κ2) is 7.47. The highest BCUT2D eigenvalue weighted by atomic mass is 35.5. The zero-order valence-corrected chi connectivity index (χ0v) is 12.7. The maximum atomic E-state index is 11.8. The first-order chi connectivity index (χ1) is 9.66. The Balaban J connectivity index is 1.84. The van der Waals surface area contributed by atoms with Crippen molar-refractivity contribution in [2.24, 2.45) is 0 Å². The lowest BCUT2D eigenvalue weighted by atomic mass is 10.3. The standard InChI is InChI=1S/C13H11Cl2N3OS/c14-9-3-1-4-10(15)12(9)18-11(19)5-8-20-13-16-6-2-7-17-13/h1-4,6-7H,5,8H2,(H,18,19). The Labute approximate surface area is 130 Å². The van der Waals surface area contributed by atoms with Gasteiger partial charge in [-0.3, -0.25) is 4.79 Å². The molecule has 1 N–H and O–H groups in total. The van der Waals surface area contributed by atoms with Gasteiger partial charge in [-0.15, -0.1) is 0 Å². The molecule has 0 aliphatic heterocycles. The topological polar surface area (TPSA) is 54.9 Å². The van der Waals surface area contributed by atoms with Crippen molar-refractivity contribution in [3.05, 3.63) is 46.7 Å². The fourth-order valence-corrected chi connectivity index (χ4v) is 2.65. The molecule has 1 aromatic heterocycles. The van der Waals surface area contributed by atoms with Crippen LogP contribution >= 0.6 is 35.0 Å². The third-order valence-corrected chi connectivity index (χ3v) is 3.84. The Morgan fingerprint density at radius 1 is 1.15 bits per heavy atom. The Kier molecular flexibility index (Phi) is 5.64. The van der Waals surface area contributed by atoms with Crippen molar-refractivity contribution in [1.29, 1.82) is 0 Å². The molecule has 0 unspecified atom stereocenters. The van der Waals surface area contributed by atoms with Gasteiger partial charge in [0.2, 0.25) is 5.91 Å². The maximum Gasteiger partial charge on any atom is 0.225 e. The number of halogens is 2. The molecule has 7 heteroatoms. The van der Waals surface area contributed by atoms with Crippen molar-refractivity contribution >= 4 is 46.6 Å². The smallest absolute Gasteiger partial charge is 0.225 e. The van der Waals surface area contributed by atoms with Gasteiger partial charge in [0.25, 0.3) is 0 Å². The lowest BCUT2D eigenvalue weighted by Crippen LogP contribution is -2.13. The minimum atomic E-state index is -0.150. The number of nitrogens with zero attached hydrogens (tertiary/aromatic N) is 2. The molecule has 0 bridgehead atoms. The number of para-hydroxylation sites is 1. The number of carbonyl (C=O) groups excluding carboxylic acids is 1. The Hall–Kier alpha value is -1.30. The molecule has 2 rings (SSSR count). The first-order valence-electron chi connectivity index (χ1n) is 5.80. The number of nitrogens with one attached hydrogen (secondary N) is 1. The molecule has 1 aromatic carbocycles. The van der Waals surface area contributed by atoms with Crippen LogP contribution in [0.4, 0.5) is 5.69 Å². The quantitative estimate of drug-likeness (QED) is 0.668. The highest BCUT2D eigenvalue weighted by Gasteiger charge is 2.09. The van der Waals surface area contributed by atoms with Crippen LogP contribution in [-0.4, -0.2) is 21.6 Å². The van der Waals surface area contributed by atoms with E-state index in [1.165, 1.54) is 11.8 Å². The Morgan fingerprint density at radius 3 is 2.45 bits per heavy atom. The van der Waals surface area contributed by atoms with Crippen LogP contribution in [0.2, 0.25) is 10.0 Å². The van der Waals surface area contributed by atoms with Gasteiger partial charge in [0, 0.05) is 24.6 Å². The van der Waals surface area contributed by atoms with E-state index in [0.717, 1.165) is 0 Å². The van der Waals surface area contributed by atoms with Crippen molar-refractivity contribution in [3.63, 3.8) is 0 Å². The number of amides is 1. The molecule has 0 saturated heterocycles. The van der Waals surface area contributed by atoms with Crippen LogP contribution in [0.5, 0.6) is 0 Å². The van der Waals surface area contributed by atoms with Crippen LogP contribution < -0.4 is 5.32 Å². The summed E-state index contributed by atoms with van der Waals surface area (Å²) in [6, 6.07) is 6.82. The lowest BCUT2D eigenvalue weighted by Gasteiger charge is -2.08. The summed E-state index contributed by atoms with van der Waals surface area (Å²) in [5, 5.41) is 4.20. The first kappa shape index (κ1) is 15.1. The van der Waals surface area contributed by atoms with E-state index in [1.54, 1.807) is 36.7 Å². The molecule has 0 spiro atoms. The van der Waals surface area contributed by atoms with Gasteiger partial charge < -0.3 is 5.32 Å². The van der Waals surface area contributed by atoms with Crippen molar-refractivity contribution in [3.8, 4) is 0 Å². The number of rotatable bonds is 5. The molecule has 2 aromatic rings. The van der Waals surface area contributed by atoms with Crippen LogP contribution in [0.3, 0.4) is 0 Å². The summed E-state index contributed by atoms with van der Waals surface area (Å²) < 4.78 is 0. The molecule has 0 fully saturated rings. The summed E-state index contributed by atoms with van der Waals surface area (Å²) in [5.41, 5.74) is 0.446. The molecular weight excluding hydrogens is 317 g/mol. The highest BCUT2D eigenvalue weighted by molar-refractivity contribution is 7.99. The summed E-state index contributed by atoms with van der Waals surface area (Å²) >= 11 is 13.4. The van der Waals surface area contributed by atoms with Gasteiger partial charge in [0.1, 0.15) is 0 Å². The number of thioether (sulfide) groups is 1. The summed E-state index contributed by atoms with van der Waals surface area (Å²) in [5.74, 6) is 0.432. The first-order valence-corrected chi connectivity index (χ1v) is 7.54. The molecule has 4 nitrogen and oxygen atoms in total. The van der Waals surface area contributed by atoms with Crippen LogP contribution in [0, 0.1) is 0 Å². The van der Waals surface area contributed by atoms with Crippen LogP contribution in [0.25, 0.3) is 0 Å². The third kappa shape index (κ3) is 4.37. The van der Waals surface area contributed by atoms with E-state index in [0.29, 0.717) is 33.1 Å². The largest absolute Gasteiger partial charge is 0.324 e. The summed E-state index contributed by atoms with van der Waals surface area (Å²) in [6.07, 6.45) is 3.66. The van der Waals surface area contributed by atoms with Gasteiger partial charge >= 0.3 is 0 Å². The minimum Gasteiger partial charge on any atom is -0.324 e. The van der Waals surface area contributed by atoms with Gasteiger partial charge in [-0.1, -0.05) is 41.0 Å². The monoisotopic (exact) mass is 327 g/mol. The molecule has 0 saturated carbocycles. The SMILES string of the molecule is O=C(CCSc1ncccn1)Nc1c(Cl)cccc1Cl. The predicted molar refractivity (Wildman–Crippen MR) is 82.5 cm³/mol. The normalized spacial score (nSPS) is 10.3. The highest BCUT2D eigenvalue weighted by Crippen LogP contribution is 2.29. The summed E-state index contributed by atoms with van der Waals surface area (Å²) in [4.78, 5) is 20.0. The fourth-order valence-electron chi connectivity index (χ4n) is 1.41. The number of hydrogen-bond acceptors (Lipinski definition) is 4. The summed E-state index contributed by atoms with van der Waals surface area (Å²) in [7, 11) is 0. The number of carbonyl (C=O) groups is 1. The van der Waals surface area contributed by atoms with Gasteiger partial charge in [0.05, 0.1) is 15.7 Å². The second-order valence-corrected chi connectivity index (χ2v) is 5.65. The van der Waals surface area contributed by atoms with Crippen molar-refractivity contribution in [2.75, 3.05) is 11.1 Å². The average molecular weight is 328 g/mol. The van der Waals surface area contributed by atoms with Crippen molar-refractivity contribution in [2.45, 2.75) is 11.6 Å². The van der Waals surface area contributed by atoms with Crippen molar-refractivity contribution in [1.82, 2.24) is 9.97 Å². The maximum absolute atomic E-state index is 11.8. The molecule has 1 amide bonds. The van der Waals surface area contributed by atoms with Gasteiger partial charge in [-0.25, -0.2) is 9.97 Å². The number of anilines is 1. The van der Waals surface area contributed by atoms with Gasteiger partial charge in [-0.2, -0.15) is 0 Å². The van der Waals surface area contributed by atoms with E-state index >= 15 is 0 Å². The van der Waals surface area contributed by atoms with Crippen molar-refractivity contribution < 1.29 is 4.79 Å². The molecule has 104 valence electrons. The Bertz CT molecular complexity index is 575. The van der Waals surface area contributed by atoms with E-state index < -0.39 is 0 Å². The number of aromatic nitrogens is 2. The minimum absolute atomic E-state index is 0.150. The van der Waals surface area contributed by atoms with Crippen LogP contribution in [0.15, 0.2) is 41.8 Å². The van der Waals surface area contributed by atoms with E-state index in [2.05, 4.69) is 15.3 Å². The molecule has 1 heterocycles. The summed E-state index contributed by atoms with van der Waals surface area (Å²) in [6.45, 7) is 0. The van der Waals surface area contributed by atoms with Gasteiger partial charge in [-0.05, 0) is 18.2 Å². The zero-order chi connectivity index (χ0) is 14.4. The zero-order valence-electron chi connectivity index (χ0n) is 10.3. The second-order valence-electron chi connectivity index (χ2n) is 3.77. The van der Waals surface area contributed by atoms with Crippen LogP contribution in [-0.2, 0) is 4.79 Å². The number of benzene rings is 1. The average Bonchev–Trinajstić information content (AvgIpc) is 2.44. The van der Waals surface area contributed by atoms with E-state index in [4.69, 9.17) is 23.2 Å². The Morgan fingerprint density at radius 2 is 1.80 bits per heavy atom. The fraction of sp³-hybridized carbons (Fsp3) is 0.154. The molecule has 0 radical (unpaired) electrons. The predicted octanol–water partition coefficient (Wildman–Crippen LogP) is 3.90. The van der Waals surface area contributed by atoms with Crippen LogP contribution in [0.1, 0.15) is 6.42 Å². The molecule has 0 aliphatic rings.